The number of hydrogen-bond acceptors (Lipinski definition) is 13. The Kier molecular flexibility index (Phi) is 20.0. The van der Waals surface area contributed by atoms with Crippen molar-refractivity contribution in [2.75, 3.05) is 52.5 Å². The fourth-order valence-corrected chi connectivity index (χ4v) is 6.20. The first-order chi connectivity index (χ1) is 28.5. The van der Waals surface area contributed by atoms with Gasteiger partial charge in [-0.3, -0.25) is 29.1 Å². The quantitative estimate of drug-likeness (QED) is 0.171. The maximum absolute atomic E-state index is 12.8. The summed E-state index contributed by atoms with van der Waals surface area (Å²) in [6.45, 7) is 15.2. The van der Waals surface area contributed by atoms with Crippen LogP contribution in [0.3, 0.4) is 0 Å². The van der Waals surface area contributed by atoms with Crippen molar-refractivity contribution in [3.8, 4) is 0 Å². The molecule has 0 aliphatic carbocycles. The van der Waals surface area contributed by atoms with Crippen molar-refractivity contribution in [2.45, 2.75) is 105 Å². The number of pyridine rings is 2. The van der Waals surface area contributed by atoms with Crippen molar-refractivity contribution in [3.63, 3.8) is 0 Å². The van der Waals surface area contributed by atoms with E-state index in [1.54, 1.807) is 58.8 Å². The molecule has 19 heteroatoms. The Balaban J connectivity index is 0.000000359. The summed E-state index contributed by atoms with van der Waals surface area (Å²) in [6, 6.07) is 7.68. The highest BCUT2D eigenvalue weighted by Crippen LogP contribution is 2.32. The van der Waals surface area contributed by atoms with Crippen LogP contribution in [0, 0.1) is 24.7 Å². The van der Waals surface area contributed by atoms with Crippen LogP contribution >= 0.6 is 0 Å². The van der Waals surface area contributed by atoms with E-state index >= 15 is 0 Å². The number of carboxylic acid groups (broad SMARTS) is 1. The van der Waals surface area contributed by atoms with Gasteiger partial charge in [0, 0.05) is 45.1 Å². The number of aliphatic hydroxyl groups is 2. The number of aliphatic hydroxyl groups excluding tert-OH is 2. The number of nitrogens with two attached hydrogens (primary N) is 1. The van der Waals surface area contributed by atoms with Gasteiger partial charge >= 0.3 is 18.2 Å². The lowest BCUT2D eigenvalue weighted by molar-refractivity contribution is -0.157. The monoisotopic (exact) mass is 858 g/mol. The Morgan fingerprint density at radius 3 is 1.41 bits per heavy atom. The van der Waals surface area contributed by atoms with Gasteiger partial charge in [0.15, 0.2) is 0 Å². The van der Waals surface area contributed by atoms with Crippen molar-refractivity contribution in [2.24, 2.45) is 16.6 Å². The largest absolute Gasteiger partial charge is 0.481 e. The molecule has 0 aromatic carbocycles. The summed E-state index contributed by atoms with van der Waals surface area (Å²) in [4.78, 5) is 82.9. The van der Waals surface area contributed by atoms with Gasteiger partial charge in [-0.1, -0.05) is 12.1 Å². The number of aliphatic carboxylic acids is 1. The van der Waals surface area contributed by atoms with Crippen LogP contribution in [-0.4, -0.2) is 135 Å². The molecule has 0 unspecified atom stereocenters. The summed E-state index contributed by atoms with van der Waals surface area (Å²) < 4.78 is 10.1. The number of nitrogens with zero attached hydrogens (tertiary/aromatic N) is 4. The predicted molar refractivity (Wildman–Crippen MR) is 224 cm³/mol. The predicted octanol–water partition coefficient (Wildman–Crippen LogP) is 2.18. The minimum atomic E-state index is -1.17. The molecule has 2 aliphatic rings. The lowest BCUT2D eigenvalue weighted by Crippen LogP contribution is -2.53. The maximum Gasteiger partial charge on any atom is 0.408 e. The van der Waals surface area contributed by atoms with Crippen LogP contribution in [0.4, 0.5) is 9.59 Å². The highest BCUT2D eigenvalue weighted by atomic mass is 16.6. The standard InChI is InChI=1S/C21H32N4O5.C14H24N2O6.C7H10N2/c1-15-6-5-9-22-16(15)12-23-18(28)21(14-26)7-10-25(11-8-21)17(27)13-24-19(29)30-20(2,3)4;1-13(2,3)22-12(21)15-8-10(18)16-6-4-14(9-17,5-7-16)11(19)20;1-6-3-2-4-9-7(6)5-8/h5-6,9,26H,7-8,10-14H2,1-4H3,(H,23,28)(H,24,29);17H,4-9H2,1-3H3,(H,15,21)(H,19,20);2-4H,5,8H2,1H3. The van der Waals surface area contributed by atoms with E-state index < -0.39 is 46.8 Å². The molecule has 4 heterocycles. The van der Waals surface area contributed by atoms with Crippen molar-refractivity contribution in [1.29, 1.82) is 0 Å². The molecule has 2 aromatic heterocycles. The van der Waals surface area contributed by atoms with Crippen LogP contribution < -0.4 is 21.7 Å². The van der Waals surface area contributed by atoms with Crippen LogP contribution in [0.25, 0.3) is 0 Å². The van der Waals surface area contributed by atoms with Gasteiger partial charge in [0.25, 0.3) is 0 Å². The Morgan fingerprint density at radius 2 is 1.08 bits per heavy atom. The highest BCUT2D eigenvalue weighted by Gasteiger charge is 2.43. The van der Waals surface area contributed by atoms with Crippen molar-refractivity contribution >= 4 is 35.9 Å². The van der Waals surface area contributed by atoms with Crippen LogP contribution in [0.5, 0.6) is 0 Å². The number of aromatic nitrogens is 2. The molecule has 5 amide bonds. The molecule has 0 radical (unpaired) electrons. The number of carboxylic acids is 1. The molecule has 0 atom stereocenters. The Bertz CT molecular complexity index is 1780. The van der Waals surface area contributed by atoms with Crippen LogP contribution in [-0.2, 0) is 41.7 Å². The second-order valence-electron chi connectivity index (χ2n) is 17.1. The molecule has 61 heavy (non-hydrogen) atoms. The second kappa shape index (κ2) is 23.6. The number of hydrogen-bond donors (Lipinski definition) is 7. The third kappa shape index (κ3) is 17.2. The van der Waals surface area contributed by atoms with Gasteiger partial charge in [0.05, 0.1) is 42.0 Å². The fraction of sp³-hybridized carbons (Fsp3) is 0.619. The third-order valence-corrected chi connectivity index (χ3v) is 10.1. The number of nitrogens with one attached hydrogen (secondary N) is 3. The molecule has 2 saturated heterocycles. The molecule has 0 saturated carbocycles. The number of likely N-dealkylation sites (tertiary alicyclic amines) is 2. The summed E-state index contributed by atoms with van der Waals surface area (Å²) in [5.41, 5.74) is 5.92. The molecule has 8 N–H and O–H groups in total. The van der Waals surface area contributed by atoms with E-state index in [4.69, 9.17) is 20.3 Å². The summed E-state index contributed by atoms with van der Waals surface area (Å²) in [7, 11) is 0. The molecule has 2 aromatic rings. The third-order valence-electron chi connectivity index (χ3n) is 10.1. The number of carbonyl (C=O) groups excluding carboxylic acids is 5. The van der Waals surface area contributed by atoms with Crippen LogP contribution in [0.2, 0.25) is 0 Å². The topological polar surface area (TPSA) is 276 Å². The summed E-state index contributed by atoms with van der Waals surface area (Å²) in [5.74, 6) is -1.84. The number of alkyl carbamates (subject to hydrolysis) is 2. The first kappa shape index (κ1) is 51.7. The fourth-order valence-electron chi connectivity index (χ4n) is 6.20. The molecule has 19 nitrogen and oxygen atoms in total. The van der Waals surface area contributed by atoms with E-state index in [1.807, 2.05) is 38.1 Å². The molecular formula is C42H66N8O11. The van der Waals surface area contributed by atoms with Gasteiger partial charge in [-0.15, -0.1) is 0 Å². The smallest absolute Gasteiger partial charge is 0.408 e. The van der Waals surface area contributed by atoms with Gasteiger partial charge in [0.1, 0.15) is 24.3 Å². The first-order valence-electron chi connectivity index (χ1n) is 20.2. The summed E-state index contributed by atoms with van der Waals surface area (Å²) >= 11 is 0. The Hall–Kier alpha value is -5.40. The molecule has 2 fully saturated rings. The molecule has 0 spiro atoms. The maximum atomic E-state index is 12.8. The lowest BCUT2D eigenvalue weighted by atomic mass is 9.78. The molecule has 0 bridgehead atoms. The minimum absolute atomic E-state index is 0.174. The number of ether oxygens (including phenoxy) is 2. The normalized spacial score (nSPS) is 15.7. The Labute approximate surface area is 358 Å². The van der Waals surface area contributed by atoms with Gasteiger partial charge < -0.3 is 56.3 Å². The van der Waals surface area contributed by atoms with E-state index in [9.17, 15) is 39.0 Å². The Morgan fingerprint density at radius 1 is 0.689 bits per heavy atom. The lowest BCUT2D eigenvalue weighted by Gasteiger charge is -2.39. The van der Waals surface area contributed by atoms with Crippen LogP contribution in [0.1, 0.15) is 89.7 Å². The van der Waals surface area contributed by atoms with Gasteiger partial charge in [-0.05, 0) is 104 Å². The van der Waals surface area contributed by atoms with Crippen molar-refractivity contribution in [3.05, 3.63) is 59.2 Å². The van der Waals surface area contributed by atoms with Gasteiger partial charge in [-0.25, -0.2) is 9.59 Å². The number of amides is 5. The zero-order valence-corrected chi connectivity index (χ0v) is 36.8. The summed E-state index contributed by atoms with van der Waals surface area (Å²) in [5, 5.41) is 36.0. The van der Waals surface area contributed by atoms with E-state index in [-0.39, 0.29) is 69.9 Å². The van der Waals surface area contributed by atoms with Gasteiger partial charge in [-0.2, -0.15) is 0 Å². The molecule has 340 valence electrons. The molecule has 4 rings (SSSR count). The van der Waals surface area contributed by atoms with Crippen molar-refractivity contribution < 1.29 is 53.6 Å². The van der Waals surface area contributed by atoms with E-state index in [1.165, 1.54) is 10.5 Å². The number of carbonyl (C=O) groups is 6. The molecule has 2 aliphatic heterocycles. The molecular weight excluding hydrogens is 793 g/mol. The zero-order chi connectivity index (χ0) is 46.0. The SMILES string of the molecule is CC(C)(C)OC(=O)NCC(=O)N1CCC(CO)(C(=O)O)CC1.Cc1cccnc1CN.Cc1cccnc1CNC(=O)C1(CO)CCN(C(=O)CNC(=O)OC(C)(C)C)CC1. The average molecular weight is 859 g/mol. The van der Waals surface area contributed by atoms with E-state index in [0.717, 1.165) is 17.0 Å². The number of piperidine rings is 2. The van der Waals surface area contributed by atoms with Gasteiger partial charge in [0.2, 0.25) is 17.7 Å². The first-order valence-corrected chi connectivity index (χ1v) is 20.2. The minimum Gasteiger partial charge on any atom is -0.481 e. The van der Waals surface area contributed by atoms with E-state index in [0.29, 0.717) is 32.5 Å². The summed E-state index contributed by atoms with van der Waals surface area (Å²) in [6.07, 6.45) is 3.17. The highest BCUT2D eigenvalue weighted by molar-refractivity contribution is 5.85. The average Bonchev–Trinajstić information content (AvgIpc) is 3.21. The second-order valence-corrected chi connectivity index (χ2v) is 17.1. The van der Waals surface area contributed by atoms with Crippen LogP contribution in [0.15, 0.2) is 36.7 Å². The number of rotatable bonds is 11. The van der Waals surface area contributed by atoms with E-state index in [2.05, 4.69) is 25.9 Å². The van der Waals surface area contributed by atoms with Crippen molar-refractivity contribution in [1.82, 2.24) is 35.7 Å². The zero-order valence-electron chi connectivity index (χ0n) is 36.8. The number of aryl methyl sites for hydroxylation is 2.